The second-order valence-corrected chi connectivity index (χ2v) is 5.24. The van der Waals surface area contributed by atoms with Crippen molar-refractivity contribution in [3.8, 4) is 23.4 Å². The number of hydrogen-bond donors (Lipinski definition) is 0. The lowest BCUT2D eigenvalue weighted by molar-refractivity contribution is 0.135. The van der Waals surface area contributed by atoms with E-state index < -0.39 is 0 Å². The third-order valence-corrected chi connectivity index (χ3v) is 3.01. The Hall–Kier alpha value is -2.61. The first-order chi connectivity index (χ1) is 9.57. The van der Waals surface area contributed by atoms with Gasteiger partial charge in [-0.25, -0.2) is 9.97 Å². The van der Waals surface area contributed by atoms with Crippen LogP contribution >= 0.6 is 0 Å². The third-order valence-electron chi connectivity index (χ3n) is 3.01. The number of rotatable bonds is 2. The molecule has 3 rings (SSSR count). The molecule has 0 amide bonds. The van der Waals surface area contributed by atoms with Crippen molar-refractivity contribution in [3.05, 3.63) is 41.9 Å². The van der Waals surface area contributed by atoms with Crippen molar-refractivity contribution in [1.29, 1.82) is 5.26 Å². The smallest absolute Gasteiger partial charge is 0.238 e. The van der Waals surface area contributed by atoms with E-state index in [4.69, 9.17) is 14.7 Å². The van der Waals surface area contributed by atoms with E-state index in [1.165, 1.54) is 12.4 Å². The van der Waals surface area contributed by atoms with Gasteiger partial charge in [0.25, 0.3) is 0 Å². The van der Waals surface area contributed by atoms with Gasteiger partial charge < -0.3 is 9.47 Å². The van der Waals surface area contributed by atoms with Crippen LogP contribution in [0, 0.1) is 11.3 Å². The highest BCUT2D eigenvalue weighted by Crippen LogP contribution is 2.42. The zero-order valence-electron chi connectivity index (χ0n) is 11.3. The van der Waals surface area contributed by atoms with Gasteiger partial charge in [0, 0.05) is 12.0 Å². The Balaban J connectivity index is 1.89. The van der Waals surface area contributed by atoms with Gasteiger partial charge in [0.2, 0.25) is 5.88 Å². The lowest BCUT2D eigenvalue weighted by Crippen LogP contribution is -2.24. The summed E-state index contributed by atoms with van der Waals surface area (Å²) in [5.41, 5.74) is 1.15. The topological polar surface area (TPSA) is 68.0 Å². The van der Waals surface area contributed by atoms with E-state index in [-0.39, 0.29) is 11.3 Å². The molecule has 0 radical (unpaired) electrons. The quantitative estimate of drug-likeness (QED) is 0.836. The largest absolute Gasteiger partial charge is 0.483 e. The molecule has 1 aromatic heterocycles. The van der Waals surface area contributed by atoms with Crippen molar-refractivity contribution in [2.24, 2.45) is 0 Å². The zero-order chi connectivity index (χ0) is 14.2. The number of para-hydroxylation sites is 1. The van der Waals surface area contributed by atoms with Gasteiger partial charge in [-0.2, -0.15) is 5.26 Å². The minimum atomic E-state index is -0.224. The van der Waals surface area contributed by atoms with Crippen LogP contribution in [-0.2, 0) is 6.42 Å². The fourth-order valence-electron chi connectivity index (χ4n) is 2.21. The molecule has 1 aromatic carbocycles. The van der Waals surface area contributed by atoms with Crippen LogP contribution < -0.4 is 9.47 Å². The molecule has 0 atom stereocenters. The van der Waals surface area contributed by atoms with E-state index in [1.54, 1.807) is 0 Å². The van der Waals surface area contributed by atoms with Gasteiger partial charge in [0.05, 0.1) is 12.4 Å². The monoisotopic (exact) mass is 267 g/mol. The maximum absolute atomic E-state index is 8.69. The van der Waals surface area contributed by atoms with Crippen LogP contribution in [0.15, 0.2) is 30.6 Å². The number of hydrogen-bond acceptors (Lipinski definition) is 5. The summed E-state index contributed by atoms with van der Waals surface area (Å²) >= 11 is 0. The fourth-order valence-corrected chi connectivity index (χ4v) is 2.21. The molecule has 0 bridgehead atoms. The number of aromatic nitrogens is 2. The molecule has 0 spiro atoms. The molecule has 0 unspecified atom stereocenters. The van der Waals surface area contributed by atoms with Gasteiger partial charge >= 0.3 is 0 Å². The van der Waals surface area contributed by atoms with Gasteiger partial charge in [-0.3, -0.25) is 0 Å². The van der Waals surface area contributed by atoms with Gasteiger partial charge in [0.15, 0.2) is 17.2 Å². The average molecular weight is 267 g/mol. The SMILES string of the molecule is CC1(C)Cc2cccc(Oc3cnc(C#N)cn3)c2O1. The molecule has 0 saturated heterocycles. The number of benzene rings is 1. The molecule has 5 nitrogen and oxygen atoms in total. The number of nitrogens with zero attached hydrogens (tertiary/aromatic N) is 3. The third kappa shape index (κ3) is 2.28. The van der Waals surface area contributed by atoms with E-state index in [1.807, 2.05) is 38.1 Å². The molecule has 1 aliphatic rings. The van der Waals surface area contributed by atoms with Gasteiger partial charge in [-0.05, 0) is 19.9 Å². The molecule has 100 valence electrons. The van der Waals surface area contributed by atoms with Crippen LogP contribution in [-0.4, -0.2) is 15.6 Å². The summed E-state index contributed by atoms with van der Waals surface area (Å²) < 4.78 is 11.6. The van der Waals surface area contributed by atoms with E-state index in [9.17, 15) is 0 Å². The Morgan fingerprint density at radius 2 is 2.15 bits per heavy atom. The summed E-state index contributed by atoms with van der Waals surface area (Å²) in [7, 11) is 0. The Morgan fingerprint density at radius 1 is 1.30 bits per heavy atom. The molecule has 5 heteroatoms. The van der Waals surface area contributed by atoms with E-state index in [0.29, 0.717) is 11.6 Å². The lowest BCUT2D eigenvalue weighted by atomic mass is 10.0. The summed E-state index contributed by atoms with van der Waals surface area (Å²) in [5.74, 6) is 1.71. The Morgan fingerprint density at radius 3 is 2.85 bits per heavy atom. The molecule has 0 N–H and O–H groups in total. The Kier molecular flexibility index (Phi) is 2.79. The van der Waals surface area contributed by atoms with Gasteiger partial charge in [-0.15, -0.1) is 0 Å². The number of ether oxygens (including phenoxy) is 2. The molecule has 1 aliphatic heterocycles. The molecular weight excluding hydrogens is 254 g/mol. The van der Waals surface area contributed by atoms with Crippen LogP contribution in [0.5, 0.6) is 17.4 Å². The summed E-state index contributed by atoms with van der Waals surface area (Å²) in [5, 5.41) is 8.69. The first-order valence-corrected chi connectivity index (χ1v) is 6.28. The van der Waals surface area contributed by atoms with Crippen molar-refractivity contribution in [1.82, 2.24) is 9.97 Å². The molecule has 0 saturated carbocycles. The van der Waals surface area contributed by atoms with Gasteiger partial charge in [0.1, 0.15) is 11.7 Å². The molecule has 2 aromatic rings. The van der Waals surface area contributed by atoms with Crippen molar-refractivity contribution in [2.45, 2.75) is 25.9 Å². The standard InChI is InChI=1S/C15H13N3O2/c1-15(2)6-10-4-3-5-12(14(10)20-15)19-13-9-17-11(7-16)8-18-13/h3-5,8-9H,6H2,1-2H3. The average Bonchev–Trinajstić information content (AvgIpc) is 2.75. The molecule has 20 heavy (non-hydrogen) atoms. The second kappa shape index (κ2) is 4.49. The van der Waals surface area contributed by atoms with E-state index >= 15 is 0 Å². The Bertz CT molecular complexity index is 687. The second-order valence-electron chi connectivity index (χ2n) is 5.24. The van der Waals surface area contributed by atoms with Crippen LogP contribution in [0.3, 0.4) is 0 Å². The van der Waals surface area contributed by atoms with Crippen LogP contribution in [0.4, 0.5) is 0 Å². The summed E-state index contributed by atoms with van der Waals surface area (Å²) in [6, 6.07) is 7.71. The number of fused-ring (bicyclic) bond motifs is 1. The number of nitriles is 1. The van der Waals surface area contributed by atoms with Gasteiger partial charge in [-0.1, -0.05) is 12.1 Å². The minimum absolute atomic E-state index is 0.224. The first kappa shape index (κ1) is 12.4. The summed E-state index contributed by atoms with van der Waals surface area (Å²) in [4.78, 5) is 7.97. The summed E-state index contributed by atoms with van der Waals surface area (Å²) in [6.45, 7) is 4.08. The molecule has 0 aliphatic carbocycles. The Labute approximate surface area is 116 Å². The maximum Gasteiger partial charge on any atom is 0.238 e. The van der Waals surface area contributed by atoms with Crippen LogP contribution in [0.1, 0.15) is 25.1 Å². The lowest BCUT2D eigenvalue weighted by Gasteiger charge is -2.18. The highest BCUT2D eigenvalue weighted by molar-refractivity contribution is 5.51. The highest BCUT2D eigenvalue weighted by Gasteiger charge is 2.32. The fraction of sp³-hybridized carbons (Fsp3) is 0.267. The summed E-state index contributed by atoms with van der Waals surface area (Å²) in [6.07, 6.45) is 3.65. The van der Waals surface area contributed by atoms with Crippen molar-refractivity contribution in [2.75, 3.05) is 0 Å². The maximum atomic E-state index is 8.69. The molecule has 0 fully saturated rings. The van der Waals surface area contributed by atoms with E-state index in [2.05, 4.69) is 9.97 Å². The minimum Gasteiger partial charge on any atom is -0.483 e. The van der Waals surface area contributed by atoms with Crippen LogP contribution in [0.2, 0.25) is 0 Å². The normalized spacial score (nSPS) is 15.1. The van der Waals surface area contributed by atoms with Crippen LogP contribution in [0.25, 0.3) is 0 Å². The molecule has 2 heterocycles. The van der Waals surface area contributed by atoms with Crippen molar-refractivity contribution in [3.63, 3.8) is 0 Å². The van der Waals surface area contributed by atoms with E-state index in [0.717, 1.165) is 17.7 Å². The predicted molar refractivity (Wildman–Crippen MR) is 71.7 cm³/mol. The van der Waals surface area contributed by atoms with Crippen molar-refractivity contribution >= 4 is 0 Å². The molecular formula is C15H13N3O2. The highest BCUT2D eigenvalue weighted by atomic mass is 16.5. The zero-order valence-corrected chi connectivity index (χ0v) is 11.3. The predicted octanol–water partition coefficient (Wildman–Crippen LogP) is 2.85. The van der Waals surface area contributed by atoms with Crippen molar-refractivity contribution < 1.29 is 9.47 Å². The first-order valence-electron chi connectivity index (χ1n) is 6.28.